The highest BCUT2D eigenvalue weighted by atomic mass is 16.6. The standard InChI is InChI=1S/C26H25NO6/c1-2-18-25(26(30)31)23(15-4-3-5-17(28)10-15)24-19(27-18)11-16(12-20(24)29)14-6-7-21-22(13-14)33-9-8-32-21/h3-7,10,13,16,23,27-28H,2,8-9,11-12H2,1H3,(H,30,31). The molecule has 1 aliphatic carbocycles. The summed E-state index contributed by atoms with van der Waals surface area (Å²) in [6.07, 6.45) is 1.33. The molecule has 2 aromatic rings. The number of benzene rings is 2. The van der Waals surface area contributed by atoms with E-state index in [4.69, 9.17) is 9.47 Å². The monoisotopic (exact) mass is 447 g/mol. The molecule has 0 amide bonds. The van der Waals surface area contributed by atoms with E-state index in [0.29, 0.717) is 54.4 Å². The predicted octanol–water partition coefficient (Wildman–Crippen LogP) is 4.00. The van der Waals surface area contributed by atoms with Gasteiger partial charge < -0.3 is 25.0 Å². The summed E-state index contributed by atoms with van der Waals surface area (Å²) in [6.45, 7) is 2.90. The Morgan fingerprint density at radius 1 is 1.06 bits per heavy atom. The molecule has 0 saturated carbocycles. The first kappa shape index (κ1) is 21.1. The third kappa shape index (κ3) is 3.73. The van der Waals surface area contributed by atoms with E-state index in [1.54, 1.807) is 12.1 Å². The van der Waals surface area contributed by atoms with Crippen molar-refractivity contribution in [1.29, 1.82) is 0 Å². The van der Waals surface area contributed by atoms with Gasteiger partial charge in [-0.1, -0.05) is 25.1 Å². The van der Waals surface area contributed by atoms with Crippen molar-refractivity contribution in [1.82, 2.24) is 5.32 Å². The van der Waals surface area contributed by atoms with Crippen LogP contribution < -0.4 is 14.8 Å². The number of carboxylic acids is 1. The maximum Gasteiger partial charge on any atom is 0.334 e. The molecule has 0 spiro atoms. The number of dihydropyridines is 1. The van der Waals surface area contributed by atoms with Crippen molar-refractivity contribution in [3.05, 3.63) is 76.1 Å². The highest BCUT2D eigenvalue weighted by Gasteiger charge is 2.41. The summed E-state index contributed by atoms with van der Waals surface area (Å²) >= 11 is 0. The number of nitrogens with one attached hydrogen (secondary N) is 1. The van der Waals surface area contributed by atoms with Crippen LogP contribution in [0.1, 0.15) is 49.1 Å². The molecule has 2 aromatic carbocycles. The fourth-order valence-electron chi connectivity index (χ4n) is 5.07. The second kappa shape index (κ2) is 8.31. The number of carbonyl (C=O) groups is 2. The van der Waals surface area contributed by atoms with Crippen molar-refractivity contribution in [2.75, 3.05) is 13.2 Å². The SMILES string of the molecule is CCC1=C(C(=O)O)C(c2cccc(O)c2)C2=C(CC(c3ccc4c(c3)OCCO4)CC2=O)N1. The van der Waals surface area contributed by atoms with Gasteiger partial charge in [0.15, 0.2) is 17.3 Å². The van der Waals surface area contributed by atoms with E-state index >= 15 is 0 Å². The van der Waals surface area contributed by atoms with Crippen molar-refractivity contribution >= 4 is 11.8 Å². The summed E-state index contributed by atoms with van der Waals surface area (Å²) < 4.78 is 11.3. The highest BCUT2D eigenvalue weighted by molar-refractivity contribution is 6.04. The number of hydrogen-bond acceptors (Lipinski definition) is 6. The van der Waals surface area contributed by atoms with E-state index in [0.717, 1.165) is 11.3 Å². The Morgan fingerprint density at radius 3 is 2.58 bits per heavy atom. The van der Waals surface area contributed by atoms with E-state index in [9.17, 15) is 19.8 Å². The normalized spacial score (nSPS) is 22.0. The maximum atomic E-state index is 13.5. The van der Waals surface area contributed by atoms with Crippen LogP contribution in [0.2, 0.25) is 0 Å². The number of ether oxygens (including phenoxy) is 2. The molecule has 2 atom stereocenters. The third-order valence-corrected chi connectivity index (χ3v) is 6.54. The number of aliphatic carboxylic acids is 1. The molecule has 2 heterocycles. The van der Waals surface area contributed by atoms with E-state index < -0.39 is 11.9 Å². The number of allylic oxidation sites excluding steroid dienone is 3. The zero-order valence-electron chi connectivity index (χ0n) is 18.3. The van der Waals surface area contributed by atoms with Gasteiger partial charge in [0.25, 0.3) is 0 Å². The van der Waals surface area contributed by atoms with E-state index in [-0.39, 0.29) is 29.4 Å². The van der Waals surface area contributed by atoms with Crippen molar-refractivity contribution in [2.45, 2.75) is 38.0 Å². The maximum absolute atomic E-state index is 13.5. The number of rotatable bonds is 4. The number of phenolic OH excluding ortho intramolecular Hbond substituents is 1. The molecular weight excluding hydrogens is 422 g/mol. The van der Waals surface area contributed by atoms with Crippen LogP contribution >= 0.6 is 0 Å². The van der Waals surface area contributed by atoms with Gasteiger partial charge in [0.2, 0.25) is 0 Å². The van der Waals surface area contributed by atoms with Gasteiger partial charge in [-0.3, -0.25) is 4.79 Å². The first-order chi connectivity index (χ1) is 16.0. The minimum Gasteiger partial charge on any atom is -0.508 e. The molecule has 2 unspecified atom stereocenters. The Hall–Kier alpha value is -3.74. The van der Waals surface area contributed by atoms with Gasteiger partial charge in [-0.15, -0.1) is 0 Å². The van der Waals surface area contributed by atoms with Gasteiger partial charge in [0, 0.05) is 29.3 Å². The van der Waals surface area contributed by atoms with Gasteiger partial charge in [-0.2, -0.15) is 0 Å². The topological polar surface area (TPSA) is 105 Å². The molecule has 3 N–H and O–H groups in total. The first-order valence-electron chi connectivity index (χ1n) is 11.1. The molecule has 5 rings (SSSR count). The molecule has 0 radical (unpaired) electrons. The number of carboxylic acid groups (broad SMARTS) is 1. The van der Waals surface area contributed by atoms with Crippen LogP contribution in [-0.2, 0) is 9.59 Å². The molecule has 0 fully saturated rings. The quantitative estimate of drug-likeness (QED) is 0.651. The average Bonchev–Trinajstić information content (AvgIpc) is 2.82. The number of ketones is 1. The summed E-state index contributed by atoms with van der Waals surface area (Å²) in [5.74, 6) is -0.528. The number of hydrogen-bond donors (Lipinski definition) is 3. The van der Waals surface area contributed by atoms with E-state index in [1.807, 2.05) is 25.1 Å². The zero-order valence-corrected chi connectivity index (χ0v) is 18.3. The van der Waals surface area contributed by atoms with Crippen LogP contribution in [0.4, 0.5) is 0 Å². The van der Waals surface area contributed by atoms with Gasteiger partial charge >= 0.3 is 5.97 Å². The summed E-state index contributed by atoms with van der Waals surface area (Å²) in [7, 11) is 0. The van der Waals surface area contributed by atoms with Crippen LogP contribution in [0.5, 0.6) is 17.2 Å². The number of Topliss-reactive ketones (excluding diaryl/α,β-unsaturated/α-hetero) is 1. The number of phenols is 1. The van der Waals surface area contributed by atoms with Crippen LogP contribution in [0.15, 0.2) is 65.0 Å². The predicted molar refractivity (Wildman–Crippen MR) is 120 cm³/mol. The average molecular weight is 447 g/mol. The molecule has 3 aliphatic rings. The molecule has 2 aliphatic heterocycles. The Labute approximate surface area is 191 Å². The molecule has 7 heteroatoms. The van der Waals surface area contributed by atoms with Crippen molar-refractivity contribution in [2.24, 2.45) is 0 Å². The molecule has 33 heavy (non-hydrogen) atoms. The third-order valence-electron chi connectivity index (χ3n) is 6.54. The van der Waals surface area contributed by atoms with Crippen molar-refractivity contribution in [3.8, 4) is 17.2 Å². The largest absolute Gasteiger partial charge is 0.508 e. The lowest BCUT2D eigenvalue weighted by Gasteiger charge is -2.37. The van der Waals surface area contributed by atoms with Crippen LogP contribution in [0, 0.1) is 0 Å². The van der Waals surface area contributed by atoms with Gasteiger partial charge in [0.1, 0.15) is 19.0 Å². The molecular formula is C26H25NO6. The summed E-state index contributed by atoms with van der Waals surface area (Å²) in [5.41, 5.74) is 3.56. The number of fused-ring (bicyclic) bond motifs is 1. The fourth-order valence-corrected chi connectivity index (χ4v) is 5.07. The van der Waals surface area contributed by atoms with E-state index in [1.165, 1.54) is 12.1 Å². The fraction of sp³-hybridized carbons (Fsp3) is 0.308. The first-order valence-corrected chi connectivity index (χ1v) is 11.1. The van der Waals surface area contributed by atoms with Crippen molar-refractivity contribution in [3.63, 3.8) is 0 Å². The molecule has 0 bridgehead atoms. The molecule has 7 nitrogen and oxygen atoms in total. The van der Waals surface area contributed by atoms with E-state index in [2.05, 4.69) is 5.32 Å². The zero-order chi connectivity index (χ0) is 23.1. The summed E-state index contributed by atoms with van der Waals surface area (Å²) in [5, 5.41) is 23.4. The molecule has 0 saturated heterocycles. The van der Waals surface area contributed by atoms with Crippen LogP contribution in [0.25, 0.3) is 0 Å². The number of aromatic hydroxyl groups is 1. The van der Waals surface area contributed by atoms with Crippen LogP contribution in [-0.4, -0.2) is 35.2 Å². The summed E-state index contributed by atoms with van der Waals surface area (Å²) in [4.78, 5) is 25.8. The van der Waals surface area contributed by atoms with Crippen molar-refractivity contribution < 1.29 is 29.3 Å². The highest BCUT2D eigenvalue weighted by Crippen LogP contribution is 2.47. The minimum absolute atomic E-state index is 0.0355. The Bertz CT molecular complexity index is 1210. The number of carbonyl (C=O) groups excluding carboxylic acids is 1. The minimum atomic E-state index is -1.07. The Kier molecular flexibility index (Phi) is 5.32. The second-order valence-corrected chi connectivity index (χ2v) is 8.53. The van der Waals surface area contributed by atoms with Gasteiger partial charge in [-0.05, 0) is 54.2 Å². The molecule has 0 aromatic heterocycles. The molecule has 170 valence electrons. The lowest BCUT2D eigenvalue weighted by molar-refractivity contribution is -0.133. The van der Waals surface area contributed by atoms with Crippen LogP contribution in [0.3, 0.4) is 0 Å². The second-order valence-electron chi connectivity index (χ2n) is 8.53. The van der Waals surface area contributed by atoms with Gasteiger partial charge in [-0.25, -0.2) is 4.79 Å². The Balaban J connectivity index is 1.57. The summed E-state index contributed by atoms with van der Waals surface area (Å²) in [6, 6.07) is 12.3. The lowest BCUT2D eigenvalue weighted by atomic mass is 9.71. The Morgan fingerprint density at radius 2 is 1.85 bits per heavy atom. The smallest absolute Gasteiger partial charge is 0.334 e. The van der Waals surface area contributed by atoms with Gasteiger partial charge in [0.05, 0.1) is 5.57 Å². The lowest BCUT2D eigenvalue weighted by Crippen LogP contribution is -2.36.